The lowest BCUT2D eigenvalue weighted by atomic mass is 10.0. The second-order valence-electron chi connectivity index (χ2n) is 6.98. The number of aromatic nitrogens is 1. The van der Waals surface area contributed by atoms with Crippen molar-refractivity contribution < 1.29 is 4.79 Å². The molecular weight excluding hydrogens is 284 g/mol. The van der Waals surface area contributed by atoms with Crippen LogP contribution < -0.4 is 0 Å². The topological polar surface area (TPSA) is 25.2 Å². The molecule has 0 radical (unpaired) electrons. The van der Waals surface area contributed by atoms with Crippen molar-refractivity contribution in [3.05, 3.63) is 59.4 Å². The van der Waals surface area contributed by atoms with Crippen LogP contribution in [0, 0.1) is 5.92 Å². The zero-order chi connectivity index (χ0) is 16.4. The van der Waals surface area contributed by atoms with Crippen LogP contribution in [0.1, 0.15) is 43.6 Å². The van der Waals surface area contributed by atoms with E-state index in [0.29, 0.717) is 12.3 Å². The lowest BCUT2D eigenvalue weighted by molar-refractivity contribution is -0.133. The molecule has 1 atom stereocenters. The molecule has 1 aliphatic heterocycles. The lowest BCUT2D eigenvalue weighted by Crippen LogP contribution is -2.41. The third kappa shape index (κ3) is 3.49. The van der Waals surface area contributed by atoms with Crippen molar-refractivity contribution in [2.24, 2.45) is 5.92 Å². The molecule has 3 rings (SSSR count). The van der Waals surface area contributed by atoms with E-state index in [-0.39, 0.29) is 11.9 Å². The Bertz CT molecular complexity index is 669. The SMILES string of the molecule is CC(C)Cc1ccc(CC(=O)N2CCn3cccc3C2C)cc1. The number of rotatable bonds is 4. The number of benzene rings is 1. The standard InChI is InChI=1S/C20H26N2O/c1-15(2)13-17-6-8-18(9-7-17)14-20(23)22-12-11-21-10-4-5-19(21)16(22)3/h4-10,15-16H,11-14H2,1-3H3. The fraction of sp³-hybridized carbons (Fsp3) is 0.450. The average Bonchev–Trinajstić information content (AvgIpc) is 2.98. The Morgan fingerprint density at radius 2 is 1.83 bits per heavy atom. The molecule has 3 heteroatoms. The maximum Gasteiger partial charge on any atom is 0.227 e. The van der Waals surface area contributed by atoms with Gasteiger partial charge in [0.15, 0.2) is 0 Å². The van der Waals surface area contributed by atoms with Crippen molar-refractivity contribution in [1.29, 1.82) is 0 Å². The van der Waals surface area contributed by atoms with E-state index in [1.165, 1.54) is 11.3 Å². The third-order valence-corrected chi connectivity index (χ3v) is 4.68. The van der Waals surface area contributed by atoms with E-state index in [1.54, 1.807) is 0 Å². The van der Waals surface area contributed by atoms with Gasteiger partial charge in [-0.2, -0.15) is 0 Å². The summed E-state index contributed by atoms with van der Waals surface area (Å²) in [7, 11) is 0. The van der Waals surface area contributed by atoms with E-state index < -0.39 is 0 Å². The number of hydrogen-bond donors (Lipinski definition) is 0. The molecule has 3 nitrogen and oxygen atoms in total. The van der Waals surface area contributed by atoms with Crippen LogP contribution in [-0.2, 0) is 24.2 Å². The Kier molecular flexibility index (Phi) is 4.56. The molecule has 0 N–H and O–H groups in total. The zero-order valence-electron chi connectivity index (χ0n) is 14.3. The van der Waals surface area contributed by atoms with Gasteiger partial charge in [-0.05, 0) is 42.5 Å². The van der Waals surface area contributed by atoms with Gasteiger partial charge in [-0.15, -0.1) is 0 Å². The first-order chi connectivity index (χ1) is 11.0. The summed E-state index contributed by atoms with van der Waals surface area (Å²) in [5.41, 5.74) is 3.69. The van der Waals surface area contributed by atoms with Crippen molar-refractivity contribution in [2.75, 3.05) is 6.54 Å². The number of hydrogen-bond acceptors (Lipinski definition) is 1. The highest BCUT2D eigenvalue weighted by Crippen LogP contribution is 2.26. The van der Waals surface area contributed by atoms with Gasteiger partial charge in [0.25, 0.3) is 0 Å². The minimum atomic E-state index is 0.159. The summed E-state index contributed by atoms with van der Waals surface area (Å²) in [6.45, 7) is 8.27. The molecule has 1 aromatic heterocycles. The Labute approximate surface area is 138 Å². The molecule has 0 saturated carbocycles. The van der Waals surface area contributed by atoms with Crippen molar-refractivity contribution in [3.63, 3.8) is 0 Å². The minimum Gasteiger partial charge on any atom is -0.348 e. The maximum absolute atomic E-state index is 12.7. The smallest absolute Gasteiger partial charge is 0.227 e. The number of carbonyl (C=O) groups excluding carboxylic acids is 1. The Morgan fingerprint density at radius 3 is 2.52 bits per heavy atom. The maximum atomic E-state index is 12.7. The molecule has 0 saturated heterocycles. The molecule has 1 unspecified atom stereocenters. The van der Waals surface area contributed by atoms with E-state index in [4.69, 9.17) is 0 Å². The van der Waals surface area contributed by atoms with Crippen molar-refractivity contribution >= 4 is 5.91 Å². The van der Waals surface area contributed by atoms with Crippen molar-refractivity contribution in [3.8, 4) is 0 Å². The summed E-state index contributed by atoms with van der Waals surface area (Å²) in [5, 5.41) is 0. The highest BCUT2D eigenvalue weighted by Gasteiger charge is 2.27. The van der Waals surface area contributed by atoms with Gasteiger partial charge < -0.3 is 9.47 Å². The fourth-order valence-corrected chi connectivity index (χ4v) is 3.46. The van der Waals surface area contributed by atoms with Gasteiger partial charge >= 0.3 is 0 Å². The van der Waals surface area contributed by atoms with Gasteiger partial charge in [0.05, 0.1) is 12.5 Å². The summed E-state index contributed by atoms with van der Waals surface area (Å²) in [5.74, 6) is 0.884. The Morgan fingerprint density at radius 1 is 1.13 bits per heavy atom. The Hall–Kier alpha value is -2.03. The molecule has 2 heterocycles. The summed E-state index contributed by atoms with van der Waals surface area (Å²) in [6, 6.07) is 12.9. The third-order valence-electron chi connectivity index (χ3n) is 4.68. The lowest BCUT2D eigenvalue weighted by Gasteiger charge is -2.35. The van der Waals surface area contributed by atoms with E-state index in [2.05, 4.69) is 67.9 Å². The first-order valence-electron chi connectivity index (χ1n) is 8.57. The normalized spacial score (nSPS) is 17.4. The summed E-state index contributed by atoms with van der Waals surface area (Å²) in [6.07, 6.45) is 3.68. The fourth-order valence-electron chi connectivity index (χ4n) is 3.46. The molecule has 1 aliphatic rings. The van der Waals surface area contributed by atoms with Gasteiger partial charge in [0, 0.05) is 25.0 Å². The van der Waals surface area contributed by atoms with E-state index in [1.807, 2.05) is 4.90 Å². The first-order valence-corrected chi connectivity index (χ1v) is 8.57. The van der Waals surface area contributed by atoms with Gasteiger partial charge in [0.2, 0.25) is 5.91 Å². The van der Waals surface area contributed by atoms with E-state index >= 15 is 0 Å². The largest absolute Gasteiger partial charge is 0.348 e. The molecule has 1 aromatic carbocycles. The van der Waals surface area contributed by atoms with Crippen LogP contribution in [0.5, 0.6) is 0 Å². The van der Waals surface area contributed by atoms with Gasteiger partial charge in [-0.25, -0.2) is 0 Å². The number of amides is 1. The molecule has 0 bridgehead atoms. The predicted molar refractivity (Wildman–Crippen MR) is 93.2 cm³/mol. The van der Waals surface area contributed by atoms with Crippen molar-refractivity contribution in [1.82, 2.24) is 9.47 Å². The van der Waals surface area contributed by atoms with E-state index in [9.17, 15) is 4.79 Å². The quantitative estimate of drug-likeness (QED) is 0.842. The van der Waals surface area contributed by atoms with Crippen LogP contribution in [0.25, 0.3) is 0 Å². The summed E-state index contributed by atoms with van der Waals surface area (Å²) in [4.78, 5) is 14.7. The number of fused-ring (bicyclic) bond motifs is 1. The molecule has 0 aliphatic carbocycles. The van der Waals surface area contributed by atoms with Crippen molar-refractivity contribution in [2.45, 2.75) is 46.2 Å². The van der Waals surface area contributed by atoms with Gasteiger partial charge in [-0.3, -0.25) is 4.79 Å². The van der Waals surface area contributed by atoms with Gasteiger partial charge in [-0.1, -0.05) is 38.1 Å². The van der Waals surface area contributed by atoms with Crippen LogP contribution in [0.3, 0.4) is 0 Å². The zero-order valence-corrected chi connectivity index (χ0v) is 14.3. The highest BCUT2D eigenvalue weighted by molar-refractivity contribution is 5.79. The van der Waals surface area contributed by atoms with Crippen LogP contribution >= 0.6 is 0 Å². The van der Waals surface area contributed by atoms with Gasteiger partial charge in [0.1, 0.15) is 0 Å². The summed E-state index contributed by atoms with van der Waals surface area (Å²) < 4.78 is 2.25. The molecule has 1 amide bonds. The van der Waals surface area contributed by atoms with Crippen LogP contribution in [0.2, 0.25) is 0 Å². The average molecular weight is 310 g/mol. The van der Waals surface area contributed by atoms with E-state index in [0.717, 1.165) is 25.1 Å². The molecule has 2 aromatic rings. The minimum absolute atomic E-state index is 0.159. The second kappa shape index (κ2) is 6.61. The van der Waals surface area contributed by atoms with Crippen LogP contribution in [0.15, 0.2) is 42.6 Å². The Balaban J connectivity index is 1.65. The highest BCUT2D eigenvalue weighted by atomic mass is 16.2. The predicted octanol–water partition coefficient (Wildman–Crippen LogP) is 3.83. The molecule has 0 spiro atoms. The first kappa shape index (κ1) is 15.9. The molecule has 0 fully saturated rings. The van der Waals surface area contributed by atoms with Crippen LogP contribution in [0.4, 0.5) is 0 Å². The van der Waals surface area contributed by atoms with Crippen LogP contribution in [-0.4, -0.2) is 21.9 Å². The molecule has 23 heavy (non-hydrogen) atoms. The number of nitrogens with zero attached hydrogens (tertiary/aromatic N) is 2. The number of carbonyl (C=O) groups is 1. The molecule has 122 valence electrons. The monoisotopic (exact) mass is 310 g/mol. The summed E-state index contributed by atoms with van der Waals surface area (Å²) >= 11 is 0. The molecular formula is C20H26N2O. The second-order valence-corrected chi connectivity index (χ2v) is 6.98.